The standard InChI is InChI=1S/C16H25NO2/c1-13(18)11-17(15-8-3-2-4-9-15)12-14-7-5-6-10-16(14)19/h5-7,10,13,15,18-19H,2-4,8-9,11-12H2,1H3. The number of rotatable bonds is 5. The van der Waals surface area contributed by atoms with E-state index in [-0.39, 0.29) is 6.10 Å². The Hall–Kier alpha value is -1.06. The van der Waals surface area contributed by atoms with Crippen LogP contribution < -0.4 is 0 Å². The number of hydrogen-bond donors (Lipinski definition) is 2. The number of phenols is 1. The molecule has 2 N–H and O–H groups in total. The van der Waals surface area contributed by atoms with E-state index in [2.05, 4.69) is 4.90 Å². The number of aliphatic hydroxyl groups excluding tert-OH is 1. The van der Waals surface area contributed by atoms with E-state index in [4.69, 9.17) is 0 Å². The summed E-state index contributed by atoms with van der Waals surface area (Å²) in [5, 5.41) is 19.6. The monoisotopic (exact) mass is 263 g/mol. The van der Waals surface area contributed by atoms with Crippen LogP contribution in [0.3, 0.4) is 0 Å². The second-order valence-electron chi connectivity index (χ2n) is 5.70. The Morgan fingerprint density at radius 2 is 1.89 bits per heavy atom. The predicted octanol–water partition coefficient (Wildman–Crippen LogP) is 2.91. The first kappa shape index (κ1) is 14.4. The Bertz CT molecular complexity index is 386. The van der Waals surface area contributed by atoms with Crippen LogP contribution in [0.15, 0.2) is 24.3 Å². The van der Waals surface area contributed by atoms with Gasteiger partial charge in [0.25, 0.3) is 0 Å². The minimum absolute atomic E-state index is 0.326. The Morgan fingerprint density at radius 3 is 2.53 bits per heavy atom. The van der Waals surface area contributed by atoms with E-state index < -0.39 is 0 Å². The van der Waals surface area contributed by atoms with Gasteiger partial charge in [0.1, 0.15) is 5.75 Å². The van der Waals surface area contributed by atoms with Gasteiger partial charge in [-0.25, -0.2) is 0 Å². The van der Waals surface area contributed by atoms with Crippen molar-refractivity contribution in [1.29, 1.82) is 0 Å². The topological polar surface area (TPSA) is 43.7 Å². The molecule has 1 unspecified atom stereocenters. The number of benzene rings is 1. The molecule has 19 heavy (non-hydrogen) atoms. The summed E-state index contributed by atoms with van der Waals surface area (Å²) < 4.78 is 0. The minimum atomic E-state index is -0.326. The van der Waals surface area contributed by atoms with Gasteiger partial charge >= 0.3 is 0 Å². The molecular formula is C16H25NO2. The average molecular weight is 263 g/mol. The van der Waals surface area contributed by atoms with Gasteiger partial charge in [-0.1, -0.05) is 37.5 Å². The lowest BCUT2D eigenvalue weighted by Gasteiger charge is -2.35. The molecule has 1 atom stereocenters. The van der Waals surface area contributed by atoms with Gasteiger partial charge in [-0.15, -0.1) is 0 Å². The van der Waals surface area contributed by atoms with E-state index in [9.17, 15) is 10.2 Å². The van der Waals surface area contributed by atoms with Crippen LogP contribution in [0.4, 0.5) is 0 Å². The summed E-state index contributed by atoms with van der Waals surface area (Å²) in [4.78, 5) is 2.33. The van der Waals surface area contributed by atoms with E-state index in [0.717, 1.165) is 12.1 Å². The summed E-state index contributed by atoms with van der Waals surface area (Å²) in [6.45, 7) is 3.24. The Morgan fingerprint density at radius 1 is 1.21 bits per heavy atom. The van der Waals surface area contributed by atoms with Crippen molar-refractivity contribution in [2.75, 3.05) is 6.54 Å². The maximum atomic E-state index is 9.90. The Balaban J connectivity index is 2.06. The second-order valence-corrected chi connectivity index (χ2v) is 5.70. The van der Waals surface area contributed by atoms with Gasteiger partial charge in [0, 0.05) is 24.7 Å². The number of aliphatic hydroxyl groups is 1. The SMILES string of the molecule is CC(O)CN(Cc1ccccc1O)C1CCCCC1. The lowest BCUT2D eigenvalue weighted by molar-refractivity contribution is 0.0763. The van der Waals surface area contributed by atoms with Crippen LogP contribution in [-0.2, 0) is 6.54 Å². The molecule has 1 aliphatic carbocycles. The van der Waals surface area contributed by atoms with Gasteiger partial charge in [0.2, 0.25) is 0 Å². The molecule has 2 rings (SSSR count). The van der Waals surface area contributed by atoms with E-state index in [1.54, 1.807) is 6.07 Å². The fraction of sp³-hybridized carbons (Fsp3) is 0.625. The zero-order valence-corrected chi connectivity index (χ0v) is 11.8. The molecule has 0 amide bonds. The minimum Gasteiger partial charge on any atom is -0.508 e. The van der Waals surface area contributed by atoms with Crippen molar-refractivity contribution in [3.8, 4) is 5.75 Å². The summed E-state index contributed by atoms with van der Waals surface area (Å²) >= 11 is 0. The molecule has 3 heteroatoms. The number of phenolic OH excluding ortho intramolecular Hbond substituents is 1. The van der Waals surface area contributed by atoms with Crippen LogP contribution in [0.2, 0.25) is 0 Å². The fourth-order valence-electron chi connectivity index (χ4n) is 2.99. The van der Waals surface area contributed by atoms with Gasteiger partial charge in [-0.05, 0) is 25.8 Å². The van der Waals surface area contributed by atoms with E-state index in [1.165, 1.54) is 32.1 Å². The molecule has 1 aliphatic rings. The molecule has 0 aliphatic heterocycles. The molecular weight excluding hydrogens is 238 g/mol. The Labute approximate surface area is 115 Å². The van der Waals surface area contributed by atoms with Gasteiger partial charge in [-0.3, -0.25) is 4.90 Å². The summed E-state index contributed by atoms with van der Waals surface area (Å²) in [5.74, 6) is 0.355. The summed E-state index contributed by atoms with van der Waals surface area (Å²) in [5.41, 5.74) is 0.953. The molecule has 0 saturated heterocycles. The third-order valence-electron chi connectivity index (χ3n) is 3.95. The number of aromatic hydroxyl groups is 1. The van der Waals surface area contributed by atoms with Gasteiger partial charge in [0.15, 0.2) is 0 Å². The molecule has 1 fully saturated rings. The van der Waals surface area contributed by atoms with Crippen molar-refractivity contribution in [2.45, 2.75) is 57.7 Å². The highest BCUT2D eigenvalue weighted by molar-refractivity contribution is 5.31. The van der Waals surface area contributed by atoms with E-state index in [0.29, 0.717) is 18.3 Å². The smallest absolute Gasteiger partial charge is 0.120 e. The van der Waals surface area contributed by atoms with Gasteiger partial charge in [-0.2, -0.15) is 0 Å². The molecule has 1 saturated carbocycles. The Kier molecular flexibility index (Phi) is 5.23. The maximum Gasteiger partial charge on any atom is 0.120 e. The average Bonchev–Trinajstić information content (AvgIpc) is 2.41. The van der Waals surface area contributed by atoms with Crippen LogP contribution in [0, 0.1) is 0 Å². The van der Waals surface area contributed by atoms with Crippen LogP contribution >= 0.6 is 0 Å². The molecule has 0 spiro atoms. The van der Waals surface area contributed by atoms with Crippen molar-refractivity contribution in [3.63, 3.8) is 0 Å². The molecule has 0 heterocycles. The first-order chi connectivity index (χ1) is 9.16. The van der Waals surface area contributed by atoms with E-state index >= 15 is 0 Å². The third-order valence-corrected chi connectivity index (χ3v) is 3.95. The number of hydrogen-bond acceptors (Lipinski definition) is 3. The first-order valence-electron chi connectivity index (χ1n) is 7.36. The van der Waals surface area contributed by atoms with Crippen LogP contribution in [0.1, 0.15) is 44.6 Å². The fourth-order valence-corrected chi connectivity index (χ4v) is 2.99. The van der Waals surface area contributed by atoms with Crippen LogP contribution in [0.25, 0.3) is 0 Å². The highest BCUT2D eigenvalue weighted by Crippen LogP contribution is 2.26. The maximum absolute atomic E-state index is 9.90. The van der Waals surface area contributed by atoms with Crippen LogP contribution in [0.5, 0.6) is 5.75 Å². The van der Waals surface area contributed by atoms with E-state index in [1.807, 2.05) is 25.1 Å². The quantitative estimate of drug-likeness (QED) is 0.858. The zero-order chi connectivity index (χ0) is 13.7. The molecule has 1 aromatic carbocycles. The number of para-hydroxylation sites is 1. The van der Waals surface area contributed by atoms with Gasteiger partial charge in [0.05, 0.1) is 6.10 Å². The largest absolute Gasteiger partial charge is 0.508 e. The number of nitrogens with zero attached hydrogens (tertiary/aromatic N) is 1. The second kappa shape index (κ2) is 6.92. The highest BCUT2D eigenvalue weighted by Gasteiger charge is 2.22. The summed E-state index contributed by atoms with van der Waals surface area (Å²) in [6, 6.07) is 8.04. The summed E-state index contributed by atoms with van der Waals surface area (Å²) in [6.07, 6.45) is 5.98. The molecule has 106 valence electrons. The molecule has 0 aromatic heterocycles. The normalized spacial score (nSPS) is 18.7. The van der Waals surface area contributed by atoms with Gasteiger partial charge < -0.3 is 10.2 Å². The van der Waals surface area contributed by atoms with Crippen molar-refractivity contribution in [3.05, 3.63) is 29.8 Å². The third kappa shape index (κ3) is 4.22. The molecule has 0 radical (unpaired) electrons. The predicted molar refractivity (Wildman–Crippen MR) is 77.1 cm³/mol. The molecule has 0 bridgehead atoms. The van der Waals surface area contributed by atoms with Crippen LogP contribution in [-0.4, -0.2) is 33.8 Å². The van der Waals surface area contributed by atoms with Crippen molar-refractivity contribution >= 4 is 0 Å². The first-order valence-corrected chi connectivity index (χ1v) is 7.36. The van der Waals surface area contributed by atoms with Crippen molar-refractivity contribution < 1.29 is 10.2 Å². The molecule has 1 aromatic rings. The van der Waals surface area contributed by atoms with Crippen molar-refractivity contribution in [1.82, 2.24) is 4.90 Å². The van der Waals surface area contributed by atoms with Crippen molar-refractivity contribution in [2.24, 2.45) is 0 Å². The molecule has 3 nitrogen and oxygen atoms in total. The summed E-state index contributed by atoms with van der Waals surface area (Å²) in [7, 11) is 0. The lowest BCUT2D eigenvalue weighted by Crippen LogP contribution is -2.40. The lowest BCUT2D eigenvalue weighted by atomic mass is 9.93. The zero-order valence-electron chi connectivity index (χ0n) is 11.8. The highest BCUT2D eigenvalue weighted by atomic mass is 16.3.